The van der Waals surface area contributed by atoms with Crippen molar-refractivity contribution >= 4 is 29.0 Å². The molecule has 0 saturated carbocycles. The molecule has 0 unspecified atom stereocenters. The molecule has 0 saturated heterocycles. The maximum Gasteiger partial charge on any atom is 0.164 e. The van der Waals surface area contributed by atoms with Crippen molar-refractivity contribution in [1.82, 2.24) is 0 Å². The summed E-state index contributed by atoms with van der Waals surface area (Å²) in [5, 5.41) is 0.726. The Kier molecular flexibility index (Phi) is 4.68. The average molecular weight is 241 g/mol. The lowest BCUT2D eigenvalue weighted by atomic mass is 10.1. The second-order valence-electron chi connectivity index (χ2n) is 3.08. The van der Waals surface area contributed by atoms with Gasteiger partial charge in [0.05, 0.1) is 10.0 Å². The number of unbranched alkanes of at least 4 members (excludes halogenated alkanes) is 1. The Morgan fingerprint density at radius 1 is 1.40 bits per heavy atom. The van der Waals surface area contributed by atoms with E-state index in [1.54, 1.807) is 18.2 Å². The third kappa shape index (κ3) is 3.27. The maximum absolute atomic E-state index is 11.7. The van der Waals surface area contributed by atoms with Gasteiger partial charge in [0.25, 0.3) is 0 Å². The summed E-state index contributed by atoms with van der Waals surface area (Å²) in [5.74, 6) is 2.47. The highest BCUT2D eigenvalue weighted by molar-refractivity contribution is 6.43. The summed E-state index contributed by atoms with van der Waals surface area (Å²) >= 11 is 11.7. The molecule has 0 heterocycles. The molecular formula is C12H10Cl2O. The number of carbonyl (C=O) groups is 1. The van der Waals surface area contributed by atoms with E-state index in [0.29, 0.717) is 34.9 Å². The molecule has 15 heavy (non-hydrogen) atoms. The van der Waals surface area contributed by atoms with Crippen LogP contribution < -0.4 is 0 Å². The summed E-state index contributed by atoms with van der Waals surface area (Å²) in [6.45, 7) is 0. The molecule has 1 aromatic rings. The molecule has 0 aliphatic heterocycles. The van der Waals surface area contributed by atoms with Crippen molar-refractivity contribution in [1.29, 1.82) is 0 Å². The first-order valence-corrected chi connectivity index (χ1v) is 5.33. The predicted octanol–water partition coefficient (Wildman–Crippen LogP) is 3.98. The van der Waals surface area contributed by atoms with Gasteiger partial charge in [-0.05, 0) is 18.6 Å². The Balaban J connectivity index is 2.75. The summed E-state index contributed by atoms with van der Waals surface area (Å²) in [7, 11) is 0. The molecule has 78 valence electrons. The summed E-state index contributed by atoms with van der Waals surface area (Å²) in [6.07, 6.45) is 6.79. The van der Waals surface area contributed by atoms with Gasteiger partial charge >= 0.3 is 0 Å². The van der Waals surface area contributed by atoms with Crippen molar-refractivity contribution < 1.29 is 4.79 Å². The Morgan fingerprint density at radius 3 is 2.80 bits per heavy atom. The van der Waals surface area contributed by atoms with Crippen LogP contribution in [0.1, 0.15) is 29.6 Å². The number of rotatable bonds is 4. The van der Waals surface area contributed by atoms with Gasteiger partial charge in [-0.25, -0.2) is 0 Å². The van der Waals surface area contributed by atoms with E-state index in [4.69, 9.17) is 29.6 Å². The van der Waals surface area contributed by atoms with Crippen LogP contribution in [0.2, 0.25) is 10.0 Å². The summed E-state index contributed by atoms with van der Waals surface area (Å²) in [4.78, 5) is 11.7. The molecule has 0 amide bonds. The molecule has 0 aliphatic rings. The van der Waals surface area contributed by atoms with Gasteiger partial charge in [-0.1, -0.05) is 29.3 Å². The molecule has 3 heteroatoms. The number of ketones is 1. The van der Waals surface area contributed by atoms with Crippen molar-refractivity contribution in [3.63, 3.8) is 0 Å². The molecule has 0 bridgehead atoms. The molecule has 0 aliphatic carbocycles. The van der Waals surface area contributed by atoms with Crippen LogP contribution in [0.15, 0.2) is 18.2 Å². The van der Waals surface area contributed by atoms with E-state index in [0.717, 1.165) is 0 Å². The fourth-order valence-electron chi connectivity index (χ4n) is 1.20. The van der Waals surface area contributed by atoms with E-state index in [1.807, 2.05) is 0 Å². The van der Waals surface area contributed by atoms with E-state index in [1.165, 1.54) is 0 Å². The molecule has 0 spiro atoms. The first kappa shape index (κ1) is 12.1. The van der Waals surface area contributed by atoms with Crippen LogP contribution in [0.4, 0.5) is 0 Å². The largest absolute Gasteiger partial charge is 0.294 e. The van der Waals surface area contributed by atoms with Crippen molar-refractivity contribution in [2.24, 2.45) is 0 Å². The van der Waals surface area contributed by atoms with Crippen LogP contribution in [-0.4, -0.2) is 5.78 Å². The minimum absolute atomic E-state index is 0.0160. The highest BCUT2D eigenvalue weighted by Gasteiger charge is 2.11. The number of halogens is 2. The van der Waals surface area contributed by atoms with Crippen LogP contribution in [0.3, 0.4) is 0 Å². The lowest BCUT2D eigenvalue weighted by Crippen LogP contribution is -1.99. The van der Waals surface area contributed by atoms with Gasteiger partial charge in [0.1, 0.15) is 0 Å². The average Bonchev–Trinajstić information content (AvgIpc) is 2.22. The van der Waals surface area contributed by atoms with E-state index >= 15 is 0 Å². The lowest BCUT2D eigenvalue weighted by Gasteiger charge is -2.03. The zero-order valence-corrected chi connectivity index (χ0v) is 9.61. The molecule has 1 rings (SSSR count). The second-order valence-corrected chi connectivity index (χ2v) is 3.87. The van der Waals surface area contributed by atoms with Crippen LogP contribution in [0.25, 0.3) is 0 Å². The van der Waals surface area contributed by atoms with Crippen LogP contribution in [0.5, 0.6) is 0 Å². The zero-order valence-electron chi connectivity index (χ0n) is 8.09. The Bertz CT molecular complexity index is 405. The zero-order chi connectivity index (χ0) is 11.3. The normalized spacial score (nSPS) is 9.67. The van der Waals surface area contributed by atoms with Gasteiger partial charge < -0.3 is 0 Å². The molecule has 1 nitrogen and oxygen atoms in total. The molecule has 1 aromatic carbocycles. The maximum atomic E-state index is 11.7. The minimum atomic E-state index is -0.0160. The van der Waals surface area contributed by atoms with Crippen molar-refractivity contribution in [2.45, 2.75) is 19.3 Å². The smallest absolute Gasteiger partial charge is 0.164 e. The van der Waals surface area contributed by atoms with Gasteiger partial charge in [0.15, 0.2) is 5.78 Å². The Hall–Kier alpha value is -0.970. The lowest BCUT2D eigenvalue weighted by molar-refractivity contribution is 0.0981. The molecular weight excluding hydrogens is 231 g/mol. The Labute approximate surface area is 99.4 Å². The fourth-order valence-corrected chi connectivity index (χ4v) is 1.61. The highest BCUT2D eigenvalue weighted by Crippen LogP contribution is 2.26. The van der Waals surface area contributed by atoms with Gasteiger partial charge in [-0.15, -0.1) is 12.3 Å². The fraction of sp³-hybridized carbons (Fsp3) is 0.250. The third-order valence-corrected chi connectivity index (χ3v) is 2.80. The quantitative estimate of drug-likeness (QED) is 0.442. The molecule has 0 fully saturated rings. The van der Waals surface area contributed by atoms with Crippen molar-refractivity contribution in [3.8, 4) is 12.3 Å². The molecule has 0 radical (unpaired) electrons. The number of Topliss-reactive ketones (excluding diaryl/α,β-unsaturated/α-hetero) is 1. The van der Waals surface area contributed by atoms with E-state index in [9.17, 15) is 4.79 Å². The first-order chi connectivity index (χ1) is 7.16. The molecule has 0 atom stereocenters. The second kappa shape index (κ2) is 5.80. The SMILES string of the molecule is C#CCCCC(=O)c1cccc(Cl)c1Cl. The van der Waals surface area contributed by atoms with E-state index in [-0.39, 0.29) is 5.78 Å². The Morgan fingerprint density at radius 2 is 2.13 bits per heavy atom. The van der Waals surface area contributed by atoms with Gasteiger partial charge in [0.2, 0.25) is 0 Å². The number of benzene rings is 1. The van der Waals surface area contributed by atoms with Crippen molar-refractivity contribution in [2.75, 3.05) is 0 Å². The van der Waals surface area contributed by atoms with E-state index in [2.05, 4.69) is 5.92 Å². The van der Waals surface area contributed by atoms with Crippen LogP contribution in [-0.2, 0) is 0 Å². The van der Waals surface area contributed by atoms with Crippen molar-refractivity contribution in [3.05, 3.63) is 33.8 Å². The molecule has 0 N–H and O–H groups in total. The van der Waals surface area contributed by atoms with E-state index < -0.39 is 0 Å². The van der Waals surface area contributed by atoms with Gasteiger partial charge in [0, 0.05) is 18.4 Å². The van der Waals surface area contributed by atoms with Crippen LogP contribution >= 0.6 is 23.2 Å². The topological polar surface area (TPSA) is 17.1 Å². The summed E-state index contributed by atoms with van der Waals surface area (Å²) < 4.78 is 0. The number of hydrogen-bond donors (Lipinski definition) is 0. The van der Waals surface area contributed by atoms with Gasteiger partial charge in [-0.2, -0.15) is 0 Å². The molecule has 0 aromatic heterocycles. The summed E-state index contributed by atoms with van der Waals surface area (Å²) in [6, 6.07) is 5.04. The first-order valence-electron chi connectivity index (χ1n) is 4.57. The van der Waals surface area contributed by atoms with Gasteiger partial charge in [-0.3, -0.25) is 4.79 Å². The number of carbonyl (C=O) groups excluding carboxylic acids is 1. The predicted molar refractivity (Wildman–Crippen MR) is 63.5 cm³/mol. The number of hydrogen-bond acceptors (Lipinski definition) is 1. The number of terminal acetylenes is 1. The standard InChI is InChI=1S/C12H10Cl2O/c1-2-3-4-8-11(15)9-6-5-7-10(13)12(9)14/h1,5-7H,3-4,8H2. The third-order valence-electron chi connectivity index (χ3n) is 1.98. The van der Waals surface area contributed by atoms with Crippen LogP contribution in [0, 0.1) is 12.3 Å². The summed E-state index contributed by atoms with van der Waals surface area (Å²) in [5.41, 5.74) is 0.473. The minimum Gasteiger partial charge on any atom is -0.294 e. The monoisotopic (exact) mass is 240 g/mol. The highest BCUT2D eigenvalue weighted by atomic mass is 35.5.